The molecule has 26 heavy (non-hydrogen) atoms. The first-order valence-electron chi connectivity index (χ1n) is 8.49. The molecule has 2 aromatic rings. The molecule has 7 nitrogen and oxygen atoms in total. The Morgan fingerprint density at radius 2 is 2.04 bits per heavy atom. The average molecular weight is 352 g/mol. The van der Waals surface area contributed by atoms with Crippen LogP contribution >= 0.6 is 0 Å². The molecular weight excluding hydrogens is 332 g/mol. The number of carbonyl (C=O) groups is 3. The molecule has 1 aromatic heterocycles. The largest absolute Gasteiger partial charge is 0.312 e. The summed E-state index contributed by atoms with van der Waals surface area (Å²) in [6, 6.07) is 12.6. The standard InChI is InChI=1S/C19H20N4O3/c1-2-13-6-5-7-15(10-13)23-12-14(11-17(23)24)18(25)21-22-19(26)16-8-3-4-9-20-16/h3-10,14H,2,11-12H2,1H3,(H,21,25)(H,22,26)/t14-/m1/s1. The molecule has 1 fully saturated rings. The summed E-state index contributed by atoms with van der Waals surface area (Å²) >= 11 is 0. The molecule has 1 aliphatic rings. The van der Waals surface area contributed by atoms with E-state index < -0.39 is 17.7 Å². The lowest BCUT2D eigenvalue weighted by atomic mass is 10.1. The van der Waals surface area contributed by atoms with Gasteiger partial charge in [-0.15, -0.1) is 0 Å². The first-order valence-corrected chi connectivity index (χ1v) is 8.49. The summed E-state index contributed by atoms with van der Waals surface area (Å²) in [4.78, 5) is 42.0. The lowest BCUT2D eigenvalue weighted by Crippen LogP contribution is -2.45. The molecule has 0 radical (unpaired) electrons. The fourth-order valence-corrected chi connectivity index (χ4v) is 2.86. The molecule has 134 valence electrons. The highest BCUT2D eigenvalue weighted by atomic mass is 16.2. The van der Waals surface area contributed by atoms with Crippen molar-refractivity contribution in [1.82, 2.24) is 15.8 Å². The van der Waals surface area contributed by atoms with Gasteiger partial charge in [-0.3, -0.25) is 30.2 Å². The smallest absolute Gasteiger partial charge is 0.288 e. The number of nitrogens with zero attached hydrogens (tertiary/aromatic N) is 2. The van der Waals surface area contributed by atoms with Gasteiger partial charge in [-0.1, -0.05) is 25.1 Å². The van der Waals surface area contributed by atoms with E-state index in [0.717, 1.165) is 17.7 Å². The van der Waals surface area contributed by atoms with E-state index in [9.17, 15) is 14.4 Å². The average Bonchev–Trinajstić information content (AvgIpc) is 3.08. The van der Waals surface area contributed by atoms with Gasteiger partial charge in [0.15, 0.2) is 0 Å². The van der Waals surface area contributed by atoms with Crippen molar-refractivity contribution in [2.24, 2.45) is 5.92 Å². The number of benzene rings is 1. The zero-order valence-electron chi connectivity index (χ0n) is 14.4. The highest BCUT2D eigenvalue weighted by molar-refractivity contribution is 6.01. The minimum absolute atomic E-state index is 0.102. The van der Waals surface area contributed by atoms with E-state index in [2.05, 4.69) is 15.8 Å². The maximum atomic E-state index is 12.3. The summed E-state index contributed by atoms with van der Waals surface area (Å²) < 4.78 is 0. The number of amides is 3. The van der Waals surface area contributed by atoms with Gasteiger partial charge >= 0.3 is 0 Å². The Kier molecular flexibility index (Phi) is 5.26. The molecule has 0 bridgehead atoms. The molecule has 0 saturated carbocycles. The molecule has 0 spiro atoms. The van der Waals surface area contributed by atoms with Gasteiger partial charge in [-0.2, -0.15) is 0 Å². The zero-order chi connectivity index (χ0) is 18.5. The molecule has 0 unspecified atom stereocenters. The molecule has 1 aromatic carbocycles. The van der Waals surface area contributed by atoms with E-state index in [4.69, 9.17) is 0 Å². The lowest BCUT2D eigenvalue weighted by Gasteiger charge is -2.17. The number of pyridine rings is 1. The number of hydrogen-bond donors (Lipinski definition) is 2. The molecule has 3 rings (SSSR count). The fourth-order valence-electron chi connectivity index (χ4n) is 2.86. The quantitative estimate of drug-likeness (QED) is 0.815. The third-order valence-corrected chi connectivity index (χ3v) is 4.32. The van der Waals surface area contributed by atoms with Crippen molar-refractivity contribution in [3.05, 3.63) is 59.9 Å². The van der Waals surface area contributed by atoms with Crippen LogP contribution in [-0.2, 0) is 16.0 Å². The van der Waals surface area contributed by atoms with Crippen LogP contribution in [0.3, 0.4) is 0 Å². The normalized spacial score (nSPS) is 16.4. The van der Waals surface area contributed by atoms with Crippen molar-refractivity contribution in [1.29, 1.82) is 0 Å². The Balaban J connectivity index is 1.59. The van der Waals surface area contributed by atoms with Crippen molar-refractivity contribution in [3.63, 3.8) is 0 Å². The van der Waals surface area contributed by atoms with Crippen LogP contribution < -0.4 is 15.8 Å². The number of rotatable bonds is 4. The Hall–Kier alpha value is -3.22. The van der Waals surface area contributed by atoms with Gasteiger partial charge < -0.3 is 4.90 Å². The predicted molar refractivity (Wildman–Crippen MR) is 96.1 cm³/mol. The number of aryl methyl sites for hydroxylation is 1. The second-order valence-corrected chi connectivity index (χ2v) is 6.09. The molecule has 7 heteroatoms. The minimum atomic E-state index is -0.517. The topological polar surface area (TPSA) is 91.4 Å². The summed E-state index contributed by atoms with van der Waals surface area (Å²) in [5.41, 5.74) is 6.84. The fraction of sp³-hybridized carbons (Fsp3) is 0.263. The van der Waals surface area contributed by atoms with E-state index in [1.54, 1.807) is 23.1 Å². The highest BCUT2D eigenvalue weighted by Gasteiger charge is 2.35. The predicted octanol–water partition coefficient (Wildman–Crippen LogP) is 1.46. The third kappa shape index (κ3) is 3.88. The van der Waals surface area contributed by atoms with E-state index in [1.807, 2.05) is 31.2 Å². The van der Waals surface area contributed by atoms with E-state index in [1.165, 1.54) is 6.20 Å². The molecule has 1 aliphatic heterocycles. The van der Waals surface area contributed by atoms with Gasteiger partial charge in [0, 0.05) is 24.8 Å². The number of hydrogen-bond acceptors (Lipinski definition) is 4. The Bertz CT molecular complexity index is 823. The Morgan fingerprint density at radius 1 is 1.19 bits per heavy atom. The van der Waals surface area contributed by atoms with E-state index >= 15 is 0 Å². The zero-order valence-corrected chi connectivity index (χ0v) is 14.4. The van der Waals surface area contributed by atoms with Crippen LogP contribution in [0.2, 0.25) is 0 Å². The molecule has 2 heterocycles. The van der Waals surface area contributed by atoms with Crippen LogP contribution in [0.4, 0.5) is 5.69 Å². The van der Waals surface area contributed by atoms with Gasteiger partial charge in [0.25, 0.3) is 5.91 Å². The van der Waals surface area contributed by atoms with Gasteiger partial charge in [0.05, 0.1) is 5.92 Å². The number of nitrogens with one attached hydrogen (secondary N) is 2. The van der Waals surface area contributed by atoms with Crippen molar-refractivity contribution >= 4 is 23.4 Å². The van der Waals surface area contributed by atoms with Crippen LogP contribution in [0.5, 0.6) is 0 Å². The molecule has 1 atom stereocenters. The van der Waals surface area contributed by atoms with Crippen LogP contribution in [0, 0.1) is 5.92 Å². The number of aromatic nitrogens is 1. The van der Waals surface area contributed by atoms with Gasteiger partial charge in [-0.05, 0) is 36.2 Å². The summed E-state index contributed by atoms with van der Waals surface area (Å²) in [5, 5.41) is 0. The first-order chi connectivity index (χ1) is 12.6. The monoisotopic (exact) mass is 352 g/mol. The second-order valence-electron chi connectivity index (χ2n) is 6.09. The minimum Gasteiger partial charge on any atom is -0.312 e. The van der Waals surface area contributed by atoms with Gasteiger partial charge in [0.2, 0.25) is 11.8 Å². The van der Waals surface area contributed by atoms with Crippen molar-refractivity contribution in [3.8, 4) is 0 Å². The second kappa shape index (κ2) is 7.77. The van der Waals surface area contributed by atoms with E-state index in [0.29, 0.717) is 0 Å². The number of anilines is 1. The Morgan fingerprint density at radius 3 is 2.77 bits per heavy atom. The first kappa shape index (κ1) is 17.6. The molecule has 1 saturated heterocycles. The highest BCUT2D eigenvalue weighted by Crippen LogP contribution is 2.26. The summed E-state index contributed by atoms with van der Waals surface area (Å²) in [5.74, 6) is -1.51. The van der Waals surface area contributed by atoms with E-state index in [-0.39, 0.29) is 24.6 Å². The SMILES string of the molecule is CCc1cccc(N2C[C@H](C(=O)NNC(=O)c3ccccn3)CC2=O)c1. The van der Waals surface area contributed by atoms with Crippen LogP contribution in [0.25, 0.3) is 0 Å². The van der Waals surface area contributed by atoms with Crippen molar-refractivity contribution in [2.75, 3.05) is 11.4 Å². The van der Waals surface area contributed by atoms with Crippen molar-refractivity contribution < 1.29 is 14.4 Å². The number of carbonyl (C=O) groups excluding carboxylic acids is 3. The molecular formula is C19H20N4O3. The lowest BCUT2D eigenvalue weighted by molar-refractivity contribution is -0.126. The molecule has 3 amide bonds. The van der Waals surface area contributed by atoms with Crippen LogP contribution in [0.1, 0.15) is 29.4 Å². The molecule has 0 aliphatic carbocycles. The van der Waals surface area contributed by atoms with Gasteiger partial charge in [-0.25, -0.2) is 0 Å². The maximum Gasteiger partial charge on any atom is 0.288 e. The summed E-state index contributed by atoms with van der Waals surface area (Å²) in [6.45, 7) is 2.34. The van der Waals surface area contributed by atoms with Gasteiger partial charge in [0.1, 0.15) is 5.69 Å². The summed E-state index contributed by atoms with van der Waals surface area (Å²) in [7, 11) is 0. The number of hydrazine groups is 1. The Labute approximate surface area is 151 Å². The third-order valence-electron chi connectivity index (χ3n) is 4.32. The van der Waals surface area contributed by atoms with Crippen LogP contribution in [0.15, 0.2) is 48.7 Å². The molecule has 2 N–H and O–H groups in total. The van der Waals surface area contributed by atoms with Crippen molar-refractivity contribution in [2.45, 2.75) is 19.8 Å². The van der Waals surface area contributed by atoms with Crippen LogP contribution in [-0.4, -0.2) is 29.3 Å². The summed E-state index contributed by atoms with van der Waals surface area (Å²) in [6.07, 6.45) is 2.48. The maximum absolute atomic E-state index is 12.3.